The zero-order valence-corrected chi connectivity index (χ0v) is 8.51. The number of nitrogens with zero attached hydrogens (tertiary/aromatic N) is 2. The summed E-state index contributed by atoms with van der Waals surface area (Å²) in [5.74, 6) is -0.601. The van der Waals surface area contributed by atoms with Gasteiger partial charge in [0.15, 0.2) is 5.69 Å². The topological polar surface area (TPSA) is 87.2 Å². The summed E-state index contributed by atoms with van der Waals surface area (Å²) in [7, 11) is 1.25. The molecule has 0 unspecified atom stereocenters. The van der Waals surface area contributed by atoms with Crippen LogP contribution in [-0.4, -0.2) is 28.9 Å². The molecule has 0 aliphatic heterocycles. The van der Waals surface area contributed by atoms with E-state index in [-0.39, 0.29) is 5.69 Å². The number of para-hydroxylation sites is 1. The molecule has 2 rings (SSSR count). The van der Waals surface area contributed by atoms with Gasteiger partial charge in [0.1, 0.15) is 0 Å². The van der Waals surface area contributed by atoms with Crippen LogP contribution >= 0.6 is 0 Å². The van der Waals surface area contributed by atoms with Gasteiger partial charge in [-0.15, -0.1) is 0 Å². The highest BCUT2D eigenvalue weighted by Gasteiger charge is 2.18. The lowest BCUT2D eigenvalue weighted by Gasteiger charge is -1.94. The maximum Gasteiger partial charge on any atom is 0.359 e. The zero-order valence-electron chi connectivity index (χ0n) is 8.51. The van der Waals surface area contributed by atoms with Crippen LogP contribution in [0.2, 0.25) is 0 Å². The molecule has 6 nitrogen and oxygen atoms in total. The first kappa shape index (κ1) is 10.2. The van der Waals surface area contributed by atoms with Crippen LogP contribution in [0.25, 0.3) is 10.9 Å². The van der Waals surface area contributed by atoms with E-state index in [2.05, 4.69) is 9.84 Å². The molecule has 2 aromatic rings. The van der Waals surface area contributed by atoms with E-state index in [1.165, 1.54) is 7.11 Å². The van der Waals surface area contributed by atoms with Crippen LogP contribution in [0, 0.1) is 0 Å². The molecule has 0 bridgehead atoms. The smallest absolute Gasteiger partial charge is 0.359 e. The fraction of sp³-hybridized carbons (Fsp3) is 0.100. The molecule has 1 amide bonds. The van der Waals surface area contributed by atoms with Crippen LogP contribution < -0.4 is 5.73 Å². The molecule has 0 saturated heterocycles. The fourth-order valence-electron chi connectivity index (χ4n) is 1.48. The third-order valence-electron chi connectivity index (χ3n) is 2.17. The molecule has 1 aromatic carbocycles. The second-order valence-corrected chi connectivity index (χ2v) is 3.11. The Balaban J connectivity index is 2.76. The average Bonchev–Trinajstić information content (AvgIpc) is 2.67. The van der Waals surface area contributed by atoms with Crippen molar-refractivity contribution in [2.45, 2.75) is 0 Å². The number of rotatable bonds is 1. The number of primary amides is 1. The summed E-state index contributed by atoms with van der Waals surface area (Å²) in [6.07, 6.45) is 0. The highest BCUT2D eigenvalue weighted by atomic mass is 16.5. The first-order chi connectivity index (χ1) is 7.65. The van der Waals surface area contributed by atoms with E-state index in [0.29, 0.717) is 10.9 Å². The molecule has 2 N–H and O–H groups in total. The van der Waals surface area contributed by atoms with E-state index >= 15 is 0 Å². The van der Waals surface area contributed by atoms with Crippen LogP contribution in [0.4, 0.5) is 4.79 Å². The molecule has 0 aliphatic rings. The van der Waals surface area contributed by atoms with E-state index in [4.69, 9.17) is 5.73 Å². The minimum absolute atomic E-state index is 0.0805. The van der Waals surface area contributed by atoms with Crippen LogP contribution in [0.15, 0.2) is 24.3 Å². The number of amides is 1. The van der Waals surface area contributed by atoms with Gasteiger partial charge in [-0.2, -0.15) is 9.78 Å². The number of nitrogens with two attached hydrogens (primary N) is 1. The van der Waals surface area contributed by atoms with Crippen LogP contribution in [-0.2, 0) is 4.74 Å². The van der Waals surface area contributed by atoms with E-state index in [9.17, 15) is 9.59 Å². The van der Waals surface area contributed by atoms with E-state index in [0.717, 1.165) is 4.68 Å². The Hall–Kier alpha value is -2.37. The highest BCUT2D eigenvalue weighted by Crippen LogP contribution is 2.18. The second-order valence-electron chi connectivity index (χ2n) is 3.11. The number of carbonyl (C=O) groups excluding carboxylic acids is 2. The molecular weight excluding hydrogens is 210 g/mol. The number of carbonyl (C=O) groups is 2. The number of methoxy groups -OCH3 is 1. The number of esters is 1. The Labute approximate surface area is 90.6 Å². The summed E-state index contributed by atoms with van der Waals surface area (Å²) < 4.78 is 5.54. The second kappa shape index (κ2) is 3.65. The number of hydrogen-bond donors (Lipinski definition) is 1. The van der Waals surface area contributed by atoms with Gasteiger partial charge in [0.2, 0.25) is 0 Å². The predicted octanol–water partition coefficient (Wildman–Crippen LogP) is 0.750. The molecular formula is C10H9N3O3. The Bertz CT molecular complexity index is 574. The lowest BCUT2D eigenvalue weighted by Crippen LogP contribution is -2.21. The largest absolute Gasteiger partial charge is 0.464 e. The average molecular weight is 219 g/mol. The summed E-state index contributed by atoms with van der Waals surface area (Å²) in [5, 5.41) is 4.36. The van der Waals surface area contributed by atoms with Crippen molar-refractivity contribution in [1.29, 1.82) is 0 Å². The molecule has 0 radical (unpaired) electrons. The minimum Gasteiger partial charge on any atom is -0.464 e. The number of hydrogen-bond acceptors (Lipinski definition) is 4. The molecule has 0 aliphatic carbocycles. The third-order valence-corrected chi connectivity index (χ3v) is 2.17. The number of fused-ring (bicyclic) bond motifs is 1. The van der Waals surface area contributed by atoms with Gasteiger partial charge in [-0.25, -0.2) is 9.59 Å². The van der Waals surface area contributed by atoms with Crippen molar-refractivity contribution in [3.8, 4) is 0 Å². The van der Waals surface area contributed by atoms with Gasteiger partial charge >= 0.3 is 12.0 Å². The lowest BCUT2D eigenvalue weighted by molar-refractivity contribution is 0.0595. The van der Waals surface area contributed by atoms with Crippen molar-refractivity contribution in [3.63, 3.8) is 0 Å². The van der Waals surface area contributed by atoms with E-state index in [1.54, 1.807) is 24.3 Å². The zero-order chi connectivity index (χ0) is 11.7. The van der Waals surface area contributed by atoms with Gasteiger partial charge in [0.25, 0.3) is 0 Å². The van der Waals surface area contributed by atoms with Crippen molar-refractivity contribution >= 4 is 22.9 Å². The molecule has 0 fully saturated rings. The molecule has 82 valence electrons. The summed E-state index contributed by atoms with van der Waals surface area (Å²) in [6, 6.07) is 6.05. The molecule has 0 atom stereocenters. The van der Waals surface area contributed by atoms with Gasteiger partial charge < -0.3 is 10.5 Å². The van der Waals surface area contributed by atoms with Crippen molar-refractivity contribution in [3.05, 3.63) is 30.0 Å². The predicted molar refractivity (Wildman–Crippen MR) is 56.1 cm³/mol. The van der Waals surface area contributed by atoms with Gasteiger partial charge in [-0.05, 0) is 6.07 Å². The molecule has 6 heteroatoms. The van der Waals surface area contributed by atoms with Gasteiger partial charge in [0, 0.05) is 5.39 Å². The first-order valence-corrected chi connectivity index (χ1v) is 4.51. The normalized spacial score (nSPS) is 10.3. The van der Waals surface area contributed by atoms with Crippen LogP contribution in [0.5, 0.6) is 0 Å². The Morgan fingerprint density at radius 1 is 1.38 bits per heavy atom. The van der Waals surface area contributed by atoms with Crippen LogP contribution in [0.3, 0.4) is 0 Å². The van der Waals surface area contributed by atoms with E-state index in [1.807, 2.05) is 0 Å². The number of ether oxygens (including phenoxy) is 1. The molecule has 16 heavy (non-hydrogen) atoms. The molecule has 0 spiro atoms. The van der Waals surface area contributed by atoms with Crippen molar-refractivity contribution in [2.75, 3.05) is 7.11 Å². The third kappa shape index (κ3) is 1.40. The van der Waals surface area contributed by atoms with Crippen molar-refractivity contribution in [2.24, 2.45) is 5.73 Å². The van der Waals surface area contributed by atoms with Gasteiger partial charge in [-0.1, -0.05) is 18.2 Å². The summed E-state index contributed by atoms with van der Waals surface area (Å²) in [4.78, 5) is 22.5. The Morgan fingerprint density at radius 3 is 2.69 bits per heavy atom. The van der Waals surface area contributed by atoms with Crippen molar-refractivity contribution < 1.29 is 14.3 Å². The maximum absolute atomic E-state index is 11.4. The highest BCUT2D eigenvalue weighted by molar-refractivity contribution is 6.04. The van der Waals surface area contributed by atoms with Crippen molar-refractivity contribution in [1.82, 2.24) is 9.78 Å². The SMILES string of the molecule is COC(=O)c1nn(C(N)=O)c2ccccc12. The summed E-state index contributed by atoms with van der Waals surface area (Å²) >= 11 is 0. The summed E-state index contributed by atoms with van der Waals surface area (Å²) in [6.45, 7) is 0. The summed E-state index contributed by atoms with van der Waals surface area (Å²) in [5.41, 5.74) is 5.71. The molecule has 0 saturated carbocycles. The quantitative estimate of drug-likeness (QED) is 0.717. The monoisotopic (exact) mass is 219 g/mol. The Kier molecular flexibility index (Phi) is 2.32. The minimum atomic E-state index is -0.744. The molecule has 1 aromatic heterocycles. The lowest BCUT2D eigenvalue weighted by atomic mass is 10.2. The van der Waals surface area contributed by atoms with Crippen LogP contribution in [0.1, 0.15) is 10.5 Å². The van der Waals surface area contributed by atoms with E-state index < -0.39 is 12.0 Å². The standard InChI is InChI=1S/C10H9N3O3/c1-16-9(14)8-6-4-2-3-5-7(6)13(12-8)10(11)15/h2-5H,1H3,(H2,11,15). The molecule has 1 heterocycles. The number of aromatic nitrogens is 2. The maximum atomic E-state index is 11.4. The fourth-order valence-corrected chi connectivity index (χ4v) is 1.48. The Morgan fingerprint density at radius 2 is 2.06 bits per heavy atom. The number of benzene rings is 1. The first-order valence-electron chi connectivity index (χ1n) is 4.51. The van der Waals surface area contributed by atoms with Gasteiger partial charge in [-0.3, -0.25) is 0 Å². The van der Waals surface area contributed by atoms with Gasteiger partial charge in [0.05, 0.1) is 12.6 Å².